The zero-order chi connectivity index (χ0) is 11.9. The lowest BCUT2D eigenvalue weighted by atomic mass is 10.1. The van der Waals surface area contributed by atoms with Crippen molar-refractivity contribution in [3.05, 3.63) is 28.4 Å². The summed E-state index contributed by atoms with van der Waals surface area (Å²) in [5, 5.41) is 13.2. The summed E-state index contributed by atoms with van der Waals surface area (Å²) in [6, 6.07) is 3.47. The van der Waals surface area contributed by atoms with Crippen LogP contribution in [0, 0.1) is 13.8 Å². The van der Waals surface area contributed by atoms with Gasteiger partial charge in [-0.05, 0) is 26.0 Å². The molecule has 0 fully saturated rings. The van der Waals surface area contributed by atoms with Crippen molar-refractivity contribution >= 4 is 17.3 Å². The molecule has 0 atom stereocenters. The van der Waals surface area contributed by atoms with Crippen LogP contribution in [0.15, 0.2) is 12.1 Å². The summed E-state index contributed by atoms with van der Waals surface area (Å²) in [6.07, 6.45) is 0. The minimum absolute atomic E-state index is 0.359. The van der Waals surface area contributed by atoms with E-state index in [0.717, 1.165) is 21.8 Å². The van der Waals surface area contributed by atoms with Crippen LogP contribution >= 0.6 is 11.3 Å². The maximum absolute atomic E-state index is 10.8. The van der Waals surface area contributed by atoms with Crippen LogP contribution in [0.1, 0.15) is 21.1 Å². The highest BCUT2D eigenvalue weighted by atomic mass is 32.1. The third-order valence-electron chi connectivity index (χ3n) is 2.57. The van der Waals surface area contributed by atoms with Crippen molar-refractivity contribution in [2.75, 3.05) is 0 Å². The Labute approximate surface area is 97.2 Å². The molecule has 2 aromatic heterocycles. The number of aromatic nitrogens is 2. The molecular weight excluding hydrogens is 224 g/mol. The smallest absolute Gasteiger partial charge is 0.345 e. The van der Waals surface area contributed by atoms with E-state index in [0.29, 0.717) is 4.88 Å². The number of rotatable bonds is 2. The number of carboxylic acid groups (broad SMARTS) is 1. The van der Waals surface area contributed by atoms with Gasteiger partial charge in [-0.3, -0.25) is 4.68 Å². The molecule has 16 heavy (non-hydrogen) atoms. The SMILES string of the molecule is Cc1nn(C)c(C)c1-c1ccc(C(=O)O)s1. The number of carboxylic acids is 1. The van der Waals surface area contributed by atoms with E-state index in [2.05, 4.69) is 5.10 Å². The zero-order valence-electron chi connectivity index (χ0n) is 9.31. The van der Waals surface area contributed by atoms with Gasteiger partial charge in [0.25, 0.3) is 0 Å². The molecule has 2 rings (SSSR count). The minimum Gasteiger partial charge on any atom is -0.477 e. The molecule has 0 unspecified atom stereocenters. The predicted molar refractivity (Wildman–Crippen MR) is 63.0 cm³/mol. The van der Waals surface area contributed by atoms with Crippen molar-refractivity contribution in [1.82, 2.24) is 9.78 Å². The maximum Gasteiger partial charge on any atom is 0.345 e. The van der Waals surface area contributed by atoms with Crippen LogP contribution in [-0.2, 0) is 7.05 Å². The first-order chi connectivity index (χ1) is 7.50. The van der Waals surface area contributed by atoms with Crippen molar-refractivity contribution in [1.29, 1.82) is 0 Å². The highest BCUT2D eigenvalue weighted by Gasteiger charge is 2.15. The number of carbonyl (C=O) groups is 1. The number of nitrogens with zero attached hydrogens (tertiary/aromatic N) is 2. The average molecular weight is 236 g/mol. The third-order valence-corrected chi connectivity index (χ3v) is 3.66. The van der Waals surface area contributed by atoms with Crippen LogP contribution in [-0.4, -0.2) is 20.9 Å². The lowest BCUT2D eigenvalue weighted by Crippen LogP contribution is -1.92. The number of thiophene rings is 1. The van der Waals surface area contributed by atoms with Crippen LogP contribution in [0.2, 0.25) is 0 Å². The molecule has 2 aromatic rings. The second-order valence-corrected chi connectivity index (χ2v) is 4.72. The van der Waals surface area contributed by atoms with Gasteiger partial charge in [-0.2, -0.15) is 5.10 Å². The molecule has 4 nitrogen and oxygen atoms in total. The fourth-order valence-electron chi connectivity index (χ4n) is 1.72. The molecule has 0 aliphatic heterocycles. The van der Waals surface area contributed by atoms with E-state index in [-0.39, 0.29) is 0 Å². The summed E-state index contributed by atoms with van der Waals surface area (Å²) in [5.74, 6) is -0.879. The number of hydrogen-bond donors (Lipinski definition) is 1. The Morgan fingerprint density at radius 1 is 1.44 bits per heavy atom. The fourth-order valence-corrected chi connectivity index (χ4v) is 2.71. The van der Waals surface area contributed by atoms with Gasteiger partial charge in [0.15, 0.2) is 0 Å². The lowest BCUT2D eigenvalue weighted by Gasteiger charge is -1.97. The Hall–Kier alpha value is -1.62. The van der Waals surface area contributed by atoms with Gasteiger partial charge in [-0.1, -0.05) is 0 Å². The van der Waals surface area contributed by atoms with Crippen LogP contribution in [0.3, 0.4) is 0 Å². The molecule has 5 heteroatoms. The Morgan fingerprint density at radius 3 is 2.56 bits per heavy atom. The minimum atomic E-state index is -0.879. The standard InChI is InChI=1S/C11H12N2O2S/c1-6-10(7(2)13(3)12-6)8-4-5-9(16-8)11(14)15/h4-5H,1-3H3,(H,14,15). The molecule has 0 saturated heterocycles. The molecule has 0 radical (unpaired) electrons. The van der Waals surface area contributed by atoms with Gasteiger partial charge in [-0.25, -0.2) is 4.79 Å². The second-order valence-electron chi connectivity index (χ2n) is 3.64. The van der Waals surface area contributed by atoms with Gasteiger partial charge in [0, 0.05) is 23.2 Å². The Balaban J connectivity index is 2.54. The molecule has 0 saturated carbocycles. The molecule has 0 aromatic carbocycles. The van der Waals surface area contributed by atoms with E-state index in [9.17, 15) is 4.79 Å². The summed E-state index contributed by atoms with van der Waals surface area (Å²) in [7, 11) is 1.89. The van der Waals surface area contributed by atoms with Crippen molar-refractivity contribution in [2.24, 2.45) is 7.05 Å². The van der Waals surface area contributed by atoms with E-state index in [4.69, 9.17) is 5.11 Å². The highest BCUT2D eigenvalue weighted by molar-refractivity contribution is 7.17. The van der Waals surface area contributed by atoms with E-state index >= 15 is 0 Å². The van der Waals surface area contributed by atoms with Gasteiger partial charge in [-0.15, -0.1) is 11.3 Å². The van der Waals surface area contributed by atoms with Crippen molar-refractivity contribution in [2.45, 2.75) is 13.8 Å². The van der Waals surface area contributed by atoms with Gasteiger partial charge in [0.05, 0.1) is 5.69 Å². The van der Waals surface area contributed by atoms with Gasteiger partial charge < -0.3 is 5.11 Å². The first kappa shape index (κ1) is 10.9. The van der Waals surface area contributed by atoms with Crippen LogP contribution in [0.4, 0.5) is 0 Å². The van der Waals surface area contributed by atoms with E-state index in [1.807, 2.05) is 31.6 Å². The van der Waals surface area contributed by atoms with Gasteiger partial charge in [0.2, 0.25) is 0 Å². The molecular formula is C11H12N2O2S. The zero-order valence-corrected chi connectivity index (χ0v) is 10.1. The molecule has 0 aliphatic carbocycles. The Morgan fingerprint density at radius 2 is 2.12 bits per heavy atom. The fraction of sp³-hybridized carbons (Fsp3) is 0.273. The van der Waals surface area contributed by atoms with Crippen LogP contribution in [0.5, 0.6) is 0 Å². The second kappa shape index (κ2) is 3.75. The Kier molecular flexibility index (Phi) is 2.55. The summed E-state index contributed by atoms with van der Waals surface area (Å²) in [5.41, 5.74) is 3.02. The summed E-state index contributed by atoms with van der Waals surface area (Å²) in [6.45, 7) is 3.91. The highest BCUT2D eigenvalue weighted by Crippen LogP contribution is 2.32. The molecule has 0 bridgehead atoms. The Bertz CT molecular complexity index is 554. The molecule has 1 N–H and O–H groups in total. The third kappa shape index (κ3) is 1.63. The van der Waals surface area contributed by atoms with Crippen molar-refractivity contribution in [3.8, 4) is 10.4 Å². The lowest BCUT2D eigenvalue weighted by molar-refractivity contribution is 0.0702. The molecule has 0 spiro atoms. The van der Waals surface area contributed by atoms with Crippen molar-refractivity contribution < 1.29 is 9.90 Å². The average Bonchev–Trinajstić information content (AvgIpc) is 2.74. The largest absolute Gasteiger partial charge is 0.477 e. The first-order valence-corrected chi connectivity index (χ1v) is 5.66. The van der Waals surface area contributed by atoms with Gasteiger partial charge in [0.1, 0.15) is 4.88 Å². The molecule has 0 amide bonds. The van der Waals surface area contributed by atoms with E-state index in [1.165, 1.54) is 11.3 Å². The van der Waals surface area contributed by atoms with E-state index in [1.54, 1.807) is 6.07 Å². The monoisotopic (exact) mass is 236 g/mol. The van der Waals surface area contributed by atoms with Crippen LogP contribution in [0.25, 0.3) is 10.4 Å². The maximum atomic E-state index is 10.8. The van der Waals surface area contributed by atoms with E-state index < -0.39 is 5.97 Å². The molecule has 0 aliphatic rings. The van der Waals surface area contributed by atoms with Crippen LogP contribution < -0.4 is 0 Å². The summed E-state index contributed by atoms with van der Waals surface area (Å²) >= 11 is 1.28. The number of aryl methyl sites for hydroxylation is 2. The summed E-state index contributed by atoms with van der Waals surface area (Å²) in [4.78, 5) is 12.1. The quantitative estimate of drug-likeness (QED) is 0.871. The molecule has 2 heterocycles. The first-order valence-electron chi connectivity index (χ1n) is 4.84. The number of hydrogen-bond acceptors (Lipinski definition) is 3. The molecule has 84 valence electrons. The topological polar surface area (TPSA) is 55.1 Å². The normalized spacial score (nSPS) is 10.7. The van der Waals surface area contributed by atoms with Gasteiger partial charge >= 0.3 is 5.97 Å². The summed E-state index contributed by atoms with van der Waals surface area (Å²) < 4.78 is 1.81. The predicted octanol–water partition coefficient (Wildman–Crippen LogP) is 2.46. The van der Waals surface area contributed by atoms with Crippen molar-refractivity contribution in [3.63, 3.8) is 0 Å². The number of aromatic carboxylic acids is 1.